The molecule has 3 aromatic carbocycles. The number of hydrazine groups is 1. The molecular weight excluding hydrogens is 614 g/mol. The molecule has 0 aliphatic carbocycles. The van der Waals surface area contributed by atoms with Crippen molar-refractivity contribution in [2.45, 2.75) is 0 Å². The van der Waals surface area contributed by atoms with Crippen LogP contribution in [0.25, 0.3) is 20.9 Å². The maximum atomic E-state index is 12.4. The number of hydrogen-bond donors (Lipinski definition) is 3. The highest BCUT2D eigenvalue weighted by molar-refractivity contribution is 9.11. The molecule has 2 amide bonds. The van der Waals surface area contributed by atoms with Gasteiger partial charge in [-0.25, -0.2) is 0 Å². The zero-order chi connectivity index (χ0) is 23.5. The predicted molar refractivity (Wildman–Crippen MR) is 143 cm³/mol. The summed E-state index contributed by atoms with van der Waals surface area (Å²) in [5, 5.41) is 5.52. The molecule has 0 radical (unpaired) electrons. The van der Waals surface area contributed by atoms with Gasteiger partial charge in [0.2, 0.25) is 0 Å². The van der Waals surface area contributed by atoms with Gasteiger partial charge in [-0.1, -0.05) is 57.9 Å². The quantitative estimate of drug-likeness (QED) is 0.193. The molecule has 0 spiro atoms. The largest absolute Gasteiger partial charge is 0.483 e. The molecule has 0 atom stereocenters. The summed E-state index contributed by atoms with van der Waals surface area (Å²) in [7, 11) is 0. The maximum Gasteiger partial charge on any atom is 0.281 e. The first-order chi connectivity index (χ1) is 15.8. The fourth-order valence-electron chi connectivity index (χ4n) is 3.02. The van der Waals surface area contributed by atoms with E-state index in [1.54, 1.807) is 6.07 Å². The van der Waals surface area contributed by atoms with Crippen molar-refractivity contribution >= 4 is 105 Å². The summed E-state index contributed by atoms with van der Waals surface area (Å²) in [6.45, 7) is -0.265. The summed E-state index contributed by atoms with van der Waals surface area (Å²) >= 11 is 19.6. The van der Waals surface area contributed by atoms with Gasteiger partial charge < -0.3 is 4.74 Å². The minimum absolute atomic E-state index is 0.0726. The van der Waals surface area contributed by atoms with Crippen molar-refractivity contribution in [2.75, 3.05) is 6.61 Å². The first-order valence-corrected chi connectivity index (χ1v) is 12.6. The van der Waals surface area contributed by atoms with Crippen molar-refractivity contribution in [3.05, 3.63) is 73.4 Å². The van der Waals surface area contributed by atoms with E-state index in [1.165, 1.54) is 11.3 Å². The molecule has 33 heavy (non-hydrogen) atoms. The van der Waals surface area contributed by atoms with Crippen molar-refractivity contribution in [1.29, 1.82) is 0 Å². The summed E-state index contributed by atoms with van der Waals surface area (Å²) < 4.78 is 8.23. The van der Waals surface area contributed by atoms with Crippen molar-refractivity contribution in [3.8, 4) is 5.75 Å². The number of thiophene rings is 1. The van der Waals surface area contributed by atoms with Gasteiger partial charge in [-0.3, -0.25) is 25.8 Å². The number of nitrogens with one attached hydrogen (secondary N) is 3. The number of thiocarbonyl (C=S) groups is 1. The fraction of sp³-hybridized carbons (Fsp3) is 0.0455. The van der Waals surface area contributed by atoms with Crippen LogP contribution in [0.1, 0.15) is 9.67 Å². The molecule has 0 aliphatic rings. The van der Waals surface area contributed by atoms with Gasteiger partial charge in [-0.2, -0.15) is 0 Å². The lowest BCUT2D eigenvalue weighted by Crippen LogP contribution is -2.49. The van der Waals surface area contributed by atoms with Crippen LogP contribution in [-0.4, -0.2) is 23.5 Å². The molecule has 0 saturated carbocycles. The van der Waals surface area contributed by atoms with Crippen molar-refractivity contribution in [2.24, 2.45) is 0 Å². The van der Waals surface area contributed by atoms with Crippen LogP contribution in [0.5, 0.6) is 5.75 Å². The first kappa shape index (κ1) is 23.9. The van der Waals surface area contributed by atoms with E-state index in [2.05, 4.69) is 48.0 Å². The minimum atomic E-state index is -0.482. The second-order valence-corrected chi connectivity index (χ2v) is 10.3. The third-order valence-electron chi connectivity index (χ3n) is 4.52. The maximum absolute atomic E-state index is 12.4. The summed E-state index contributed by atoms with van der Waals surface area (Å²) in [6.07, 6.45) is 0. The Hall–Kier alpha value is -2.24. The summed E-state index contributed by atoms with van der Waals surface area (Å²) in [5.41, 5.74) is 4.94. The molecule has 4 aromatic rings. The lowest BCUT2D eigenvalue weighted by atomic mass is 10.1. The predicted octanol–water partition coefficient (Wildman–Crippen LogP) is 5.95. The monoisotopic (exact) mass is 625 g/mol. The Morgan fingerprint density at radius 1 is 1.03 bits per heavy atom. The Morgan fingerprint density at radius 3 is 2.61 bits per heavy atom. The average Bonchev–Trinajstić information content (AvgIpc) is 3.13. The van der Waals surface area contributed by atoms with E-state index in [4.69, 9.17) is 28.6 Å². The lowest BCUT2D eigenvalue weighted by Gasteiger charge is -2.12. The average molecular weight is 628 g/mol. The highest BCUT2D eigenvalue weighted by atomic mass is 79.9. The molecular formula is C22H14Br2ClN3O3S2. The fourth-order valence-corrected chi connectivity index (χ4v) is 5.59. The summed E-state index contributed by atoms with van der Waals surface area (Å²) in [4.78, 5) is 25.0. The van der Waals surface area contributed by atoms with E-state index in [-0.39, 0.29) is 11.7 Å². The van der Waals surface area contributed by atoms with Crippen molar-refractivity contribution in [1.82, 2.24) is 16.2 Å². The molecule has 0 fully saturated rings. The van der Waals surface area contributed by atoms with Crippen LogP contribution in [0.4, 0.5) is 0 Å². The number of amides is 2. The second-order valence-electron chi connectivity index (χ2n) is 6.73. The van der Waals surface area contributed by atoms with Crippen molar-refractivity contribution < 1.29 is 14.3 Å². The van der Waals surface area contributed by atoms with Crippen LogP contribution >= 0.6 is 67.0 Å². The van der Waals surface area contributed by atoms with Gasteiger partial charge in [0.25, 0.3) is 11.8 Å². The van der Waals surface area contributed by atoms with Crippen LogP contribution in [0.15, 0.2) is 63.5 Å². The zero-order valence-electron chi connectivity index (χ0n) is 16.6. The van der Waals surface area contributed by atoms with E-state index in [0.29, 0.717) is 15.6 Å². The molecule has 0 unspecified atom stereocenters. The molecule has 11 heteroatoms. The summed E-state index contributed by atoms with van der Waals surface area (Å²) in [6, 6.07) is 17.0. The number of hydrogen-bond acceptors (Lipinski definition) is 5. The van der Waals surface area contributed by atoms with Crippen LogP contribution in [0, 0.1) is 0 Å². The lowest BCUT2D eigenvalue weighted by molar-refractivity contribution is -0.121. The SMILES string of the molecule is O=C(COc1ccc2cc(Br)ccc2c1Br)NC(=S)NNC(=O)c1sc2ccccc2c1Cl. The van der Waals surface area contributed by atoms with Gasteiger partial charge >= 0.3 is 0 Å². The number of carbonyl (C=O) groups excluding carboxylic acids is 2. The molecule has 3 N–H and O–H groups in total. The Balaban J connectivity index is 1.30. The number of halogens is 3. The Morgan fingerprint density at radius 2 is 1.82 bits per heavy atom. The highest BCUT2D eigenvalue weighted by Crippen LogP contribution is 2.35. The van der Waals surface area contributed by atoms with E-state index in [0.717, 1.165) is 29.8 Å². The zero-order valence-corrected chi connectivity index (χ0v) is 22.1. The normalized spacial score (nSPS) is 10.8. The molecule has 0 saturated heterocycles. The van der Waals surface area contributed by atoms with Gasteiger partial charge in [-0.15, -0.1) is 11.3 Å². The third kappa shape index (κ3) is 5.47. The first-order valence-electron chi connectivity index (χ1n) is 9.41. The van der Waals surface area contributed by atoms with Gasteiger partial charge in [0.15, 0.2) is 11.7 Å². The van der Waals surface area contributed by atoms with Gasteiger partial charge in [-0.05, 0) is 63.2 Å². The Kier molecular flexibility index (Phi) is 7.50. The number of benzene rings is 3. The summed E-state index contributed by atoms with van der Waals surface area (Å²) in [5.74, 6) is -0.420. The van der Waals surface area contributed by atoms with Crippen LogP contribution in [0.3, 0.4) is 0 Å². The van der Waals surface area contributed by atoms with Gasteiger partial charge in [0.05, 0.1) is 9.50 Å². The highest BCUT2D eigenvalue weighted by Gasteiger charge is 2.17. The standard InChI is InChI=1S/C22H14Br2ClN3O3S2/c23-12-6-7-13-11(9-12)5-8-15(18(13)24)31-10-17(29)26-22(32)28-27-21(30)20-19(25)14-3-1-2-4-16(14)33-20/h1-9H,10H2,(H,27,30)(H2,26,28,29,32). The Bertz CT molecular complexity index is 1410. The van der Waals surface area contributed by atoms with E-state index >= 15 is 0 Å². The second kappa shape index (κ2) is 10.4. The van der Waals surface area contributed by atoms with E-state index in [9.17, 15) is 9.59 Å². The van der Waals surface area contributed by atoms with Gasteiger partial charge in [0, 0.05) is 14.6 Å². The minimum Gasteiger partial charge on any atom is -0.483 e. The van der Waals surface area contributed by atoms with Crippen molar-refractivity contribution in [3.63, 3.8) is 0 Å². The molecule has 168 valence electrons. The van der Waals surface area contributed by atoms with E-state index in [1.807, 2.05) is 48.5 Å². The molecule has 6 nitrogen and oxygen atoms in total. The number of ether oxygens (including phenoxy) is 1. The molecule has 4 rings (SSSR count). The number of carbonyl (C=O) groups is 2. The Labute approximate surface area is 219 Å². The van der Waals surface area contributed by atoms with Crippen LogP contribution < -0.4 is 20.9 Å². The van der Waals surface area contributed by atoms with Crippen LogP contribution in [-0.2, 0) is 4.79 Å². The van der Waals surface area contributed by atoms with E-state index < -0.39 is 11.8 Å². The smallest absolute Gasteiger partial charge is 0.281 e. The third-order valence-corrected chi connectivity index (χ3v) is 7.71. The number of rotatable bonds is 4. The van der Waals surface area contributed by atoms with Gasteiger partial charge in [0.1, 0.15) is 10.6 Å². The topological polar surface area (TPSA) is 79.5 Å². The molecule has 1 heterocycles. The molecule has 1 aromatic heterocycles. The number of fused-ring (bicyclic) bond motifs is 2. The molecule has 0 bridgehead atoms. The van der Waals surface area contributed by atoms with Crippen LogP contribution in [0.2, 0.25) is 5.02 Å². The molecule has 0 aliphatic heterocycles.